The number of hydrogen-bond donors (Lipinski definition) is 5. The lowest BCUT2D eigenvalue weighted by Gasteiger charge is -2.41. The van der Waals surface area contributed by atoms with Gasteiger partial charge in [0.25, 0.3) is 0 Å². The van der Waals surface area contributed by atoms with E-state index in [-0.39, 0.29) is 31.1 Å². The first-order valence-corrected chi connectivity index (χ1v) is 13.2. The lowest BCUT2D eigenvalue weighted by molar-refractivity contribution is -0.308. The van der Waals surface area contributed by atoms with Gasteiger partial charge in [0.05, 0.1) is 19.1 Å². The van der Waals surface area contributed by atoms with Crippen LogP contribution in [-0.4, -0.2) is 93.6 Å². The van der Waals surface area contributed by atoms with E-state index >= 15 is 0 Å². The highest BCUT2D eigenvalue weighted by Crippen LogP contribution is 2.35. The fraction of sp³-hybridized carbons (Fsp3) is 0.517. The molecule has 40 heavy (non-hydrogen) atoms. The number of phenols is 1. The summed E-state index contributed by atoms with van der Waals surface area (Å²) in [7, 11) is 0. The Morgan fingerprint density at radius 3 is 2.55 bits per heavy atom. The molecule has 0 amide bonds. The minimum absolute atomic E-state index is 0.00507. The van der Waals surface area contributed by atoms with E-state index in [2.05, 4.69) is 6.58 Å². The van der Waals surface area contributed by atoms with Gasteiger partial charge < -0.3 is 44.5 Å². The maximum Gasteiger partial charge on any atom is 0.334 e. The Labute approximate surface area is 231 Å². The van der Waals surface area contributed by atoms with Crippen LogP contribution in [0.3, 0.4) is 0 Å². The molecule has 11 heteroatoms. The third-order valence-corrected chi connectivity index (χ3v) is 7.53. The molecule has 11 nitrogen and oxygen atoms in total. The minimum atomic E-state index is -1.60. The molecule has 1 unspecified atom stereocenters. The Morgan fingerprint density at radius 1 is 1.12 bits per heavy atom. The fourth-order valence-corrected chi connectivity index (χ4v) is 5.03. The first kappa shape index (κ1) is 29.9. The predicted molar refractivity (Wildman–Crippen MR) is 140 cm³/mol. The Balaban J connectivity index is 1.51. The average molecular weight is 561 g/mol. The first-order chi connectivity index (χ1) is 19.1. The number of carbonyl (C=O) groups is 2. The van der Waals surface area contributed by atoms with E-state index in [1.807, 2.05) is 6.08 Å². The van der Waals surface area contributed by atoms with Crippen LogP contribution in [0, 0.1) is 5.92 Å². The van der Waals surface area contributed by atoms with Crippen LogP contribution in [0.15, 0.2) is 59.7 Å². The van der Waals surface area contributed by atoms with Crippen molar-refractivity contribution in [2.24, 2.45) is 5.92 Å². The van der Waals surface area contributed by atoms with Crippen LogP contribution in [0.2, 0.25) is 0 Å². The van der Waals surface area contributed by atoms with E-state index in [1.165, 1.54) is 12.1 Å². The van der Waals surface area contributed by atoms with E-state index in [1.54, 1.807) is 25.1 Å². The SMILES string of the molecule is C=C1C(=O)O[C@@H]2/C=C(\C)[C@@H](O[C@@H]3O[C@H](CO)[C@@H](O)[C@H](O)[C@H]3O)C/C=C(\COC(=O)Cc3ccc(O)cc3)CCC12. The Kier molecular flexibility index (Phi) is 9.77. The molecule has 5 N–H and O–H groups in total. The van der Waals surface area contributed by atoms with Gasteiger partial charge in [-0.15, -0.1) is 0 Å². The predicted octanol–water partition coefficient (Wildman–Crippen LogP) is 0.817. The Bertz CT molecular complexity index is 1140. The molecule has 0 radical (unpaired) electrons. The van der Waals surface area contributed by atoms with Crippen molar-refractivity contribution in [3.05, 3.63) is 65.3 Å². The molecule has 0 aromatic heterocycles. The van der Waals surface area contributed by atoms with Gasteiger partial charge in [-0.05, 0) is 61.1 Å². The molecule has 1 aromatic rings. The Morgan fingerprint density at radius 2 is 1.85 bits per heavy atom. The summed E-state index contributed by atoms with van der Waals surface area (Å²) in [6.45, 7) is 5.08. The lowest BCUT2D eigenvalue weighted by Crippen LogP contribution is -2.59. The van der Waals surface area contributed by atoms with Crippen LogP contribution >= 0.6 is 0 Å². The van der Waals surface area contributed by atoms with Crippen LogP contribution in [0.25, 0.3) is 0 Å². The molecule has 218 valence electrons. The summed E-state index contributed by atoms with van der Waals surface area (Å²) >= 11 is 0. The monoisotopic (exact) mass is 560 g/mol. The molecule has 2 aliphatic heterocycles. The van der Waals surface area contributed by atoms with E-state index < -0.39 is 61.5 Å². The maximum atomic E-state index is 12.5. The molecule has 2 fully saturated rings. The number of fused-ring (bicyclic) bond motifs is 1. The maximum absolute atomic E-state index is 12.5. The summed E-state index contributed by atoms with van der Waals surface area (Å²) < 4.78 is 22.6. The van der Waals surface area contributed by atoms with Crippen molar-refractivity contribution in [2.45, 2.75) is 75.5 Å². The van der Waals surface area contributed by atoms with E-state index in [4.69, 9.17) is 18.9 Å². The van der Waals surface area contributed by atoms with Gasteiger partial charge >= 0.3 is 11.9 Å². The largest absolute Gasteiger partial charge is 0.508 e. The van der Waals surface area contributed by atoms with Gasteiger partial charge in [-0.1, -0.05) is 24.8 Å². The Hall–Kier alpha value is -3.06. The number of esters is 2. The zero-order valence-corrected chi connectivity index (χ0v) is 22.2. The summed E-state index contributed by atoms with van der Waals surface area (Å²) in [5, 5.41) is 49.7. The van der Waals surface area contributed by atoms with Crippen molar-refractivity contribution in [1.29, 1.82) is 0 Å². The number of phenolic OH excluding ortho intramolecular Hbond substituents is 1. The summed E-state index contributed by atoms with van der Waals surface area (Å²) in [4.78, 5) is 24.8. The van der Waals surface area contributed by atoms with Crippen LogP contribution in [-0.2, 0) is 35.0 Å². The smallest absolute Gasteiger partial charge is 0.334 e. The molecule has 2 heterocycles. The van der Waals surface area contributed by atoms with Gasteiger partial charge in [0.15, 0.2) is 6.29 Å². The average Bonchev–Trinajstić information content (AvgIpc) is 3.19. The second kappa shape index (κ2) is 13.1. The molecule has 2 saturated heterocycles. The van der Waals surface area contributed by atoms with Crippen molar-refractivity contribution in [2.75, 3.05) is 13.2 Å². The zero-order valence-electron chi connectivity index (χ0n) is 22.2. The number of aliphatic hydroxyl groups is 4. The standard InChI is InChI=1S/C29H36O11/c1-15-11-22-20(16(2)28(36)38-22)9-5-18(14-37-24(32)12-17-3-7-19(31)8-4-17)6-10-21(15)39-29-27(35)26(34)25(33)23(13-30)40-29/h3-4,6-8,11,20-23,25-27,29-31,33-35H,2,5,9-10,12-14H2,1H3/b15-11+,18-6-/t20?,21-,22+,23+,25+,26-,27+,29+/m0/s1. The van der Waals surface area contributed by atoms with E-state index in [9.17, 15) is 35.1 Å². The highest BCUT2D eigenvalue weighted by molar-refractivity contribution is 5.91. The molecule has 3 aliphatic rings. The molecular formula is C29H36O11. The minimum Gasteiger partial charge on any atom is -0.508 e. The normalized spacial score (nSPS) is 35.5. The van der Waals surface area contributed by atoms with Gasteiger partial charge in [-0.25, -0.2) is 4.79 Å². The molecule has 1 aromatic carbocycles. The first-order valence-electron chi connectivity index (χ1n) is 13.2. The highest BCUT2D eigenvalue weighted by Gasteiger charge is 2.45. The third-order valence-electron chi connectivity index (χ3n) is 7.53. The second-order valence-corrected chi connectivity index (χ2v) is 10.4. The number of benzene rings is 1. The van der Waals surface area contributed by atoms with Gasteiger partial charge in [-0.3, -0.25) is 4.79 Å². The number of aliphatic hydroxyl groups excluding tert-OH is 4. The number of ether oxygens (including phenoxy) is 4. The zero-order chi connectivity index (χ0) is 29.0. The van der Waals surface area contributed by atoms with Crippen molar-refractivity contribution in [1.82, 2.24) is 0 Å². The van der Waals surface area contributed by atoms with Crippen molar-refractivity contribution in [3.8, 4) is 5.75 Å². The number of hydrogen-bond acceptors (Lipinski definition) is 11. The van der Waals surface area contributed by atoms with E-state index in [0.717, 1.165) is 5.57 Å². The molecule has 0 spiro atoms. The van der Waals surface area contributed by atoms with Crippen LogP contribution in [0.5, 0.6) is 5.75 Å². The van der Waals surface area contributed by atoms with Crippen LogP contribution < -0.4 is 0 Å². The summed E-state index contributed by atoms with van der Waals surface area (Å²) in [6.07, 6.45) is -3.52. The third kappa shape index (κ3) is 6.98. The molecule has 8 atom stereocenters. The van der Waals surface area contributed by atoms with Gasteiger partial charge in [0.1, 0.15) is 42.9 Å². The highest BCUT2D eigenvalue weighted by atomic mass is 16.7. The van der Waals surface area contributed by atoms with Gasteiger partial charge in [-0.2, -0.15) is 0 Å². The number of rotatable bonds is 7. The van der Waals surface area contributed by atoms with Gasteiger partial charge in [0, 0.05) is 11.5 Å². The van der Waals surface area contributed by atoms with Gasteiger partial charge in [0.2, 0.25) is 0 Å². The fourth-order valence-electron chi connectivity index (χ4n) is 5.03. The van der Waals surface area contributed by atoms with Crippen LogP contribution in [0.4, 0.5) is 0 Å². The van der Waals surface area contributed by atoms with Crippen molar-refractivity contribution >= 4 is 11.9 Å². The van der Waals surface area contributed by atoms with Crippen molar-refractivity contribution in [3.63, 3.8) is 0 Å². The quantitative estimate of drug-likeness (QED) is 0.182. The number of carbonyl (C=O) groups excluding carboxylic acids is 2. The van der Waals surface area contributed by atoms with Crippen molar-refractivity contribution < 1.29 is 54.1 Å². The summed E-state index contributed by atoms with van der Waals surface area (Å²) in [5.41, 5.74) is 2.49. The summed E-state index contributed by atoms with van der Waals surface area (Å²) in [5.74, 6) is -1.14. The summed E-state index contributed by atoms with van der Waals surface area (Å²) in [6, 6.07) is 6.26. The lowest BCUT2D eigenvalue weighted by atomic mass is 9.87. The van der Waals surface area contributed by atoms with E-state index in [0.29, 0.717) is 29.6 Å². The topological polar surface area (TPSA) is 172 Å². The molecule has 0 saturated carbocycles. The van der Waals surface area contributed by atoms with Crippen LogP contribution in [0.1, 0.15) is 31.7 Å². The second-order valence-electron chi connectivity index (χ2n) is 10.4. The molecule has 4 rings (SSSR count). The molecular weight excluding hydrogens is 524 g/mol. The molecule has 1 aliphatic carbocycles. The molecule has 0 bridgehead atoms. The number of aromatic hydroxyl groups is 1.